The standard InChI is InChI=1S/C13H15ClN2OS/c1-3-9(2)18-8-12-15-13(16-17-12)10-4-6-11(14)7-5-10/h4-7,9H,3,8H2,1-2H3. The van der Waals surface area contributed by atoms with Crippen LogP contribution in [-0.2, 0) is 5.75 Å². The van der Waals surface area contributed by atoms with Crippen molar-refractivity contribution in [2.45, 2.75) is 31.3 Å². The van der Waals surface area contributed by atoms with Crippen molar-refractivity contribution in [1.29, 1.82) is 0 Å². The highest BCUT2D eigenvalue weighted by Crippen LogP contribution is 2.22. The summed E-state index contributed by atoms with van der Waals surface area (Å²) in [5.74, 6) is 2.05. The van der Waals surface area contributed by atoms with E-state index in [4.69, 9.17) is 16.1 Å². The third kappa shape index (κ3) is 3.50. The number of benzene rings is 1. The summed E-state index contributed by atoms with van der Waals surface area (Å²) in [6, 6.07) is 7.42. The van der Waals surface area contributed by atoms with E-state index in [1.165, 1.54) is 0 Å². The monoisotopic (exact) mass is 282 g/mol. The van der Waals surface area contributed by atoms with Crippen LogP contribution in [0.2, 0.25) is 5.02 Å². The molecule has 3 nitrogen and oxygen atoms in total. The first-order chi connectivity index (χ1) is 8.69. The molecule has 0 aliphatic heterocycles. The van der Waals surface area contributed by atoms with Gasteiger partial charge in [0, 0.05) is 15.8 Å². The Bertz CT molecular complexity index is 498. The molecule has 1 heterocycles. The van der Waals surface area contributed by atoms with Crippen LogP contribution < -0.4 is 0 Å². The van der Waals surface area contributed by atoms with Gasteiger partial charge in [0.1, 0.15) is 0 Å². The fraction of sp³-hybridized carbons (Fsp3) is 0.385. The number of thioether (sulfide) groups is 1. The summed E-state index contributed by atoms with van der Waals surface area (Å²) in [7, 11) is 0. The topological polar surface area (TPSA) is 38.9 Å². The van der Waals surface area contributed by atoms with Crippen molar-refractivity contribution in [1.82, 2.24) is 10.1 Å². The van der Waals surface area contributed by atoms with E-state index in [0.717, 1.165) is 17.7 Å². The van der Waals surface area contributed by atoms with Crippen molar-refractivity contribution < 1.29 is 4.52 Å². The zero-order valence-electron chi connectivity index (χ0n) is 10.4. The number of rotatable bonds is 5. The van der Waals surface area contributed by atoms with Crippen molar-refractivity contribution in [2.24, 2.45) is 0 Å². The lowest BCUT2D eigenvalue weighted by molar-refractivity contribution is 0.391. The lowest BCUT2D eigenvalue weighted by Gasteiger charge is -2.03. The minimum atomic E-state index is 0.607. The Labute approximate surface area is 116 Å². The summed E-state index contributed by atoms with van der Waals surface area (Å²) < 4.78 is 5.23. The number of hydrogen-bond donors (Lipinski definition) is 0. The van der Waals surface area contributed by atoms with Gasteiger partial charge in [-0.25, -0.2) is 0 Å². The number of halogens is 1. The highest BCUT2D eigenvalue weighted by atomic mass is 35.5. The predicted octanol–water partition coefficient (Wildman–Crippen LogP) is 4.42. The quantitative estimate of drug-likeness (QED) is 0.814. The highest BCUT2D eigenvalue weighted by Gasteiger charge is 2.09. The van der Waals surface area contributed by atoms with E-state index in [0.29, 0.717) is 22.0 Å². The first kappa shape index (κ1) is 13.4. The normalized spacial score (nSPS) is 12.6. The smallest absolute Gasteiger partial charge is 0.236 e. The van der Waals surface area contributed by atoms with Crippen molar-refractivity contribution in [3.63, 3.8) is 0 Å². The molecule has 0 spiro atoms. The Hall–Kier alpha value is -1.00. The summed E-state index contributed by atoms with van der Waals surface area (Å²) >= 11 is 7.66. The minimum Gasteiger partial charge on any atom is -0.338 e. The molecule has 1 aromatic carbocycles. The van der Waals surface area contributed by atoms with E-state index >= 15 is 0 Å². The van der Waals surface area contributed by atoms with Gasteiger partial charge in [0.05, 0.1) is 5.75 Å². The SMILES string of the molecule is CCC(C)SCc1nc(-c2ccc(Cl)cc2)no1. The minimum absolute atomic E-state index is 0.607. The van der Waals surface area contributed by atoms with E-state index in [1.807, 2.05) is 36.0 Å². The zero-order chi connectivity index (χ0) is 13.0. The molecule has 0 saturated heterocycles. The molecule has 18 heavy (non-hydrogen) atoms. The van der Waals surface area contributed by atoms with E-state index in [1.54, 1.807) is 0 Å². The van der Waals surface area contributed by atoms with Crippen molar-refractivity contribution in [3.8, 4) is 11.4 Å². The van der Waals surface area contributed by atoms with Crippen LogP contribution in [0, 0.1) is 0 Å². The first-order valence-corrected chi connectivity index (χ1v) is 7.32. The molecule has 1 aromatic heterocycles. The maximum absolute atomic E-state index is 5.84. The van der Waals surface area contributed by atoms with Gasteiger partial charge >= 0.3 is 0 Å². The van der Waals surface area contributed by atoms with Gasteiger partial charge in [0.25, 0.3) is 0 Å². The van der Waals surface area contributed by atoms with Crippen LogP contribution >= 0.6 is 23.4 Å². The second-order valence-electron chi connectivity index (χ2n) is 4.05. The molecule has 1 atom stereocenters. The van der Waals surface area contributed by atoms with Crippen molar-refractivity contribution in [2.75, 3.05) is 0 Å². The Morgan fingerprint density at radius 2 is 2.06 bits per heavy atom. The van der Waals surface area contributed by atoms with Crippen LogP contribution in [0.3, 0.4) is 0 Å². The van der Waals surface area contributed by atoms with Gasteiger partial charge < -0.3 is 4.52 Å². The molecular weight excluding hydrogens is 268 g/mol. The van der Waals surface area contributed by atoms with Crippen molar-refractivity contribution >= 4 is 23.4 Å². The zero-order valence-corrected chi connectivity index (χ0v) is 12.0. The molecule has 0 aliphatic rings. The van der Waals surface area contributed by atoms with E-state index in [9.17, 15) is 0 Å². The van der Waals surface area contributed by atoms with Gasteiger partial charge in [-0.1, -0.05) is 30.6 Å². The van der Waals surface area contributed by atoms with Gasteiger partial charge in [-0.05, 0) is 30.7 Å². The van der Waals surface area contributed by atoms with Crippen LogP contribution in [0.25, 0.3) is 11.4 Å². The molecule has 5 heteroatoms. The van der Waals surface area contributed by atoms with Crippen LogP contribution in [-0.4, -0.2) is 15.4 Å². The molecule has 0 amide bonds. The summed E-state index contributed by atoms with van der Waals surface area (Å²) in [5.41, 5.74) is 0.919. The second kappa shape index (κ2) is 6.25. The molecule has 1 unspecified atom stereocenters. The molecule has 0 radical (unpaired) electrons. The molecule has 2 rings (SSSR count). The van der Waals surface area contributed by atoms with Gasteiger partial charge in [-0.15, -0.1) is 11.8 Å². The first-order valence-electron chi connectivity index (χ1n) is 5.89. The molecule has 0 N–H and O–H groups in total. The summed E-state index contributed by atoms with van der Waals surface area (Å²) in [6.07, 6.45) is 1.14. The molecule has 0 fully saturated rings. The van der Waals surface area contributed by atoms with E-state index < -0.39 is 0 Å². The number of hydrogen-bond acceptors (Lipinski definition) is 4. The highest BCUT2D eigenvalue weighted by molar-refractivity contribution is 7.99. The van der Waals surface area contributed by atoms with Crippen LogP contribution in [0.15, 0.2) is 28.8 Å². The Morgan fingerprint density at radius 1 is 1.33 bits per heavy atom. The molecule has 0 bridgehead atoms. The van der Waals surface area contributed by atoms with Crippen LogP contribution in [0.1, 0.15) is 26.2 Å². The maximum atomic E-state index is 5.84. The molecular formula is C13H15ClN2OS. The summed E-state index contributed by atoms with van der Waals surface area (Å²) in [4.78, 5) is 4.37. The second-order valence-corrected chi connectivity index (χ2v) is 5.91. The molecule has 0 aliphatic carbocycles. The lowest BCUT2D eigenvalue weighted by atomic mass is 10.2. The predicted molar refractivity (Wildman–Crippen MR) is 75.8 cm³/mol. The summed E-state index contributed by atoms with van der Waals surface area (Å²) in [5, 5.41) is 5.29. The van der Waals surface area contributed by atoms with Gasteiger partial charge in [0.2, 0.25) is 11.7 Å². The fourth-order valence-electron chi connectivity index (χ4n) is 1.36. The lowest BCUT2D eigenvalue weighted by Crippen LogP contribution is -1.93. The fourth-order valence-corrected chi connectivity index (χ4v) is 2.27. The molecule has 96 valence electrons. The molecule has 0 saturated carbocycles. The molecule has 2 aromatic rings. The van der Waals surface area contributed by atoms with Crippen LogP contribution in [0.5, 0.6) is 0 Å². The van der Waals surface area contributed by atoms with Crippen LogP contribution in [0.4, 0.5) is 0 Å². The van der Waals surface area contributed by atoms with E-state index in [-0.39, 0.29) is 0 Å². The Balaban J connectivity index is 2.03. The van der Waals surface area contributed by atoms with Gasteiger partial charge in [-0.3, -0.25) is 0 Å². The Kier molecular flexibility index (Phi) is 4.66. The van der Waals surface area contributed by atoms with Crippen molar-refractivity contribution in [3.05, 3.63) is 35.2 Å². The van der Waals surface area contributed by atoms with E-state index in [2.05, 4.69) is 24.0 Å². The number of nitrogens with zero attached hydrogens (tertiary/aromatic N) is 2. The Morgan fingerprint density at radius 3 is 2.72 bits per heavy atom. The summed E-state index contributed by atoms with van der Waals surface area (Å²) in [6.45, 7) is 4.37. The van der Waals surface area contributed by atoms with Gasteiger partial charge in [0.15, 0.2) is 0 Å². The van der Waals surface area contributed by atoms with Gasteiger partial charge in [-0.2, -0.15) is 4.98 Å². The maximum Gasteiger partial charge on any atom is 0.236 e. The third-order valence-corrected chi connectivity index (χ3v) is 4.20. The average Bonchev–Trinajstić information content (AvgIpc) is 2.85. The largest absolute Gasteiger partial charge is 0.338 e. The third-order valence-electron chi connectivity index (χ3n) is 2.64. The average molecular weight is 283 g/mol. The number of aromatic nitrogens is 2.